The highest BCUT2D eigenvalue weighted by atomic mass is 16.5. The Morgan fingerprint density at radius 2 is 1.83 bits per heavy atom. The third-order valence-corrected chi connectivity index (χ3v) is 4.92. The first-order valence-electron chi connectivity index (χ1n) is 9.58. The lowest BCUT2D eigenvalue weighted by atomic mass is 10.1. The van der Waals surface area contributed by atoms with E-state index in [1.54, 1.807) is 25.3 Å². The van der Waals surface area contributed by atoms with E-state index in [-0.39, 0.29) is 12.5 Å². The Morgan fingerprint density at radius 3 is 2.67 bits per heavy atom. The molecule has 0 aliphatic rings. The Labute approximate surface area is 174 Å². The minimum Gasteiger partial charge on any atom is -0.496 e. The molecule has 0 fully saturated rings. The van der Waals surface area contributed by atoms with Crippen molar-refractivity contribution in [2.24, 2.45) is 0 Å². The largest absolute Gasteiger partial charge is 0.496 e. The Kier molecular flexibility index (Phi) is 5.39. The molecule has 1 N–H and O–H groups in total. The van der Waals surface area contributed by atoms with Crippen molar-refractivity contribution in [3.63, 3.8) is 0 Å². The summed E-state index contributed by atoms with van der Waals surface area (Å²) in [4.78, 5) is 16.9. The molecule has 0 saturated carbocycles. The zero-order valence-electron chi connectivity index (χ0n) is 17.1. The summed E-state index contributed by atoms with van der Waals surface area (Å²) in [5.74, 6) is 1.60. The number of anilines is 1. The molecule has 1 aromatic heterocycles. The van der Waals surface area contributed by atoms with Crippen LogP contribution in [-0.4, -0.2) is 24.6 Å². The van der Waals surface area contributed by atoms with Gasteiger partial charge in [-0.05, 0) is 55.3 Å². The smallest absolute Gasteiger partial charge is 0.262 e. The van der Waals surface area contributed by atoms with Gasteiger partial charge in [-0.25, -0.2) is 4.98 Å². The Hall–Kier alpha value is -3.80. The van der Waals surface area contributed by atoms with Gasteiger partial charge in [0.15, 0.2) is 12.2 Å². The molecular weight excluding hydrogens is 380 g/mol. The zero-order chi connectivity index (χ0) is 21.1. The van der Waals surface area contributed by atoms with E-state index in [0.717, 1.165) is 16.7 Å². The van der Waals surface area contributed by atoms with Crippen LogP contribution in [0.3, 0.4) is 0 Å². The van der Waals surface area contributed by atoms with Crippen LogP contribution in [0.1, 0.15) is 11.1 Å². The van der Waals surface area contributed by atoms with Crippen molar-refractivity contribution < 1.29 is 18.7 Å². The fraction of sp³-hybridized carbons (Fsp3) is 0.167. The van der Waals surface area contributed by atoms with Crippen LogP contribution in [0, 0.1) is 13.8 Å². The van der Waals surface area contributed by atoms with Crippen molar-refractivity contribution in [2.45, 2.75) is 13.8 Å². The topological polar surface area (TPSA) is 73.6 Å². The molecule has 3 aromatic carbocycles. The predicted molar refractivity (Wildman–Crippen MR) is 116 cm³/mol. The Bertz CT molecular complexity index is 1210. The van der Waals surface area contributed by atoms with Crippen molar-refractivity contribution in [3.05, 3.63) is 71.8 Å². The number of para-hydroxylation sites is 1. The first-order valence-corrected chi connectivity index (χ1v) is 9.58. The molecule has 0 spiro atoms. The molecule has 1 amide bonds. The number of ether oxygens (including phenoxy) is 2. The molecule has 0 bridgehead atoms. The van der Waals surface area contributed by atoms with Crippen molar-refractivity contribution in [2.75, 3.05) is 19.0 Å². The molecule has 152 valence electrons. The van der Waals surface area contributed by atoms with E-state index in [4.69, 9.17) is 13.9 Å². The molecule has 0 radical (unpaired) electrons. The van der Waals surface area contributed by atoms with E-state index >= 15 is 0 Å². The summed E-state index contributed by atoms with van der Waals surface area (Å²) in [6.07, 6.45) is 0. The second-order valence-electron chi connectivity index (χ2n) is 6.94. The SMILES string of the molecule is COc1ccccc1-c1nc2ccc(NC(=O)COc3cccc(C)c3C)cc2o1. The summed E-state index contributed by atoms with van der Waals surface area (Å²) in [6.45, 7) is 3.90. The van der Waals surface area contributed by atoms with E-state index in [2.05, 4.69) is 10.3 Å². The van der Waals surface area contributed by atoms with Crippen LogP contribution >= 0.6 is 0 Å². The number of hydrogen-bond donors (Lipinski definition) is 1. The number of fused-ring (bicyclic) bond motifs is 1. The maximum Gasteiger partial charge on any atom is 0.262 e. The lowest BCUT2D eigenvalue weighted by Crippen LogP contribution is -2.20. The molecule has 1 heterocycles. The van der Waals surface area contributed by atoms with Gasteiger partial charge in [0.1, 0.15) is 17.0 Å². The molecule has 0 unspecified atom stereocenters. The van der Waals surface area contributed by atoms with Gasteiger partial charge in [0.05, 0.1) is 12.7 Å². The summed E-state index contributed by atoms with van der Waals surface area (Å²) in [7, 11) is 1.61. The molecule has 4 rings (SSSR count). The standard InChI is InChI=1S/C24H22N2O4/c1-15-7-6-10-20(16(15)2)29-14-23(27)25-17-11-12-19-22(13-17)30-24(26-19)18-8-4-5-9-21(18)28-3/h4-13H,14H2,1-3H3,(H,25,27). The monoisotopic (exact) mass is 402 g/mol. The minimum atomic E-state index is -0.250. The molecule has 0 atom stereocenters. The number of carbonyl (C=O) groups is 1. The van der Waals surface area contributed by atoms with Gasteiger partial charge in [-0.3, -0.25) is 4.79 Å². The molecule has 0 aliphatic carbocycles. The van der Waals surface area contributed by atoms with Gasteiger partial charge >= 0.3 is 0 Å². The summed E-state index contributed by atoms with van der Waals surface area (Å²) >= 11 is 0. The van der Waals surface area contributed by atoms with Crippen LogP contribution in [-0.2, 0) is 4.79 Å². The van der Waals surface area contributed by atoms with Crippen LogP contribution in [0.25, 0.3) is 22.6 Å². The lowest BCUT2D eigenvalue weighted by Gasteiger charge is -2.11. The van der Waals surface area contributed by atoms with E-state index in [1.807, 2.05) is 56.3 Å². The van der Waals surface area contributed by atoms with Crippen LogP contribution in [0.5, 0.6) is 11.5 Å². The Morgan fingerprint density at radius 1 is 1.03 bits per heavy atom. The molecule has 6 heteroatoms. The van der Waals surface area contributed by atoms with Crippen LogP contribution < -0.4 is 14.8 Å². The summed E-state index contributed by atoms with van der Waals surface area (Å²) in [5.41, 5.74) is 4.79. The number of oxazole rings is 1. The van der Waals surface area contributed by atoms with Gasteiger partial charge in [0.25, 0.3) is 5.91 Å². The van der Waals surface area contributed by atoms with Gasteiger partial charge in [-0.1, -0.05) is 24.3 Å². The number of aryl methyl sites for hydroxylation is 1. The molecule has 6 nitrogen and oxygen atoms in total. The number of amides is 1. The number of nitrogens with one attached hydrogen (secondary N) is 1. The lowest BCUT2D eigenvalue weighted by molar-refractivity contribution is -0.118. The number of nitrogens with zero attached hydrogens (tertiary/aromatic N) is 1. The number of carbonyl (C=O) groups excluding carboxylic acids is 1. The molecular formula is C24H22N2O4. The fourth-order valence-electron chi connectivity index (χ4n) is 3.16. The van der Waals surface area contributed by atoms with Gasteiger partial charge in [0.2, 0.25) is 5.89 Å². The molecule has 0 aliphatic heterocycles. The van der Waals surface area contributed by atoms with Gasteiger partial charge in [-0.15, -0.1) is 0 Å². The first-order chi connectivity index (χ1) is 14.5. The fourth-order valence-corrected chi connectivity index (χ4v) is 3.16. The normalized spacial score (nSPS) is 10.8. The van der Waals surface area contributed by atoms with Crippen molar-refractivity contribution >= 4 is 22.7 Å². The van der Waals surface area contributed by atoms with Crippen molar-refractivity contribution in [1.82, 2.24) is 4.98 Å². The molecule has 30 heavy (non-hydrogen) atoms. The Balaban J connectivity index is 1.48. The number of benzene rings is 3. The van der Waals surface area contributed by atoms with Crippen LogP contribution in [0.4, 0.5) is 5.69 Å². The van der Waals surface area contributed by atoms with Crippen molar-refractivity contribution in [3.8, 4) is 23.0 Å². The minimum absolute atomic E-state index is 0.0782. The summed E-state index contributed by atoms with van der Waals surface area (Å²) in [5, 5.41) is 2.83. The van der Waals surface area contributed by atoms with Gasteiger partial charge in [0, 0.05) is 11.8 Å². The molecule has 4 aromatic rings. The average Bonchev–Trinajstić information content (AvgIpc) is 3.18. The van der Waals surface area contributed by atoms with Crippen LogP contribution in [0.2, 0.25) is 0 Å². The van der Waals surface area contributed by atoms with Crippen LogP contribution in [0.15, 0.2) is 65.1 Å². The zero-order valence-corrected chi connectivity index (χ0v) is 17.1. The van der Waals surface area contributed by atoms with Gasteiger partial charge in [-0.2, -0.15) is 0 Å². The van der Waals surface area contributed by atoms with Crippen molar-refractivity contribution in [1.29, 1.82) is 0 Å². The maximum absolute atomic E-state index is 12.3. The highest BCUT2D eigenvalue weighted by Crippen LogP contribution is 2.32. The third-order valence-electron chi connectivity index (χ3n) is 4.92. The number of methoxy groups -OCH3 is 1. The van der Waals surface area contributed by atoms with E-state index in [9.17, 15) is 4.79 Å². The number of hydrogen-bond acceptors (Lipinski definition) is 5. The first kappa shape index (κ1) is 19.5. The number of aromatic nitrogens is 1. The average molecular weight is 402 g/mol. The second-order valence-corrected chi connectivity index (χ2v) is 6.94. The second kappa shape index (κ2) is 8.29. The maximum atomic E-state index is 12.3. The quantitative estimate of drug-likeness (QED) is 0.483. The van der Waals surface area contributed by atoms with E-state index < -0.39 is 0 Å². The predicted octanol–water partition coefficient (Wildman–Crippen LogP) is 5.14. The highest BCUT2D eigenvalue weighted by Gasteiger charge is 2.14. The molecule has 0 saturated heterocycles. The van der Waals surface area contributed by atoms with E-state index in [0.29, 0.717) is 34.2 Å². The third kappa shape index (κ3) is 3.98. The van der Waals surface area contributed by atoms with Gasteiger partial charge < -0.3 is 19.2 Å². The van der Waals surface area contributed by atoms with E-state index in [1.165, 1.54) is 0 Å². The highest BCUT2D eigenvalue weighted by molar-refractivity contribution is 5.94. The number of rotatable bonds is 6. The summed E-state index contributed by atoms with van der Waals surface area (Å²) < 4.78 is 16.9. The summed E-state index contributed by atoms with van der Waals surface area (Å²) in [6, 6.07) is 18.6.